The molecule has 0 atom stereocenters. The lowest BCUT2D eigenvalue weighted by Crippen LogP contribution is -1.98. The molecule has 0 amide bonds. The van der Waals surface area contributed by atoms with Gasteiger partial charge in [0.15, 0.2) is 5.82 Å². The lowest BCUT2D eigenvalue weighted by Gasteiger charge is -2.10. The fraction of sp³-hybridized carbons (Fsp3) is 0.350. The molecule has 3 heterocycles. The number of benzene rings is 1. The van der Waals surface area contributed by atoms with E-state index in [0.29, 0.717) is 37.0 Å². The molecule has 0 spiro atoms. The van der Waals surface area contributed by atoms with E-state index in [1.54, 1.807) is 13.3 Å². The average Bonchev–Trinajstić information content (AvgIpc) is 3.31. The van der Waals surface area contributed by atoms with E-state index in [2.05, 4.69) is 27.0 Å². The molecular weight excluding hydrogens is 344 g/mol. The van der Waals surface area contributed by atoms with Crippen LogP contribution < -0.4 is 4.74 Å². The Kier molecular flexibility index (Phi) is 4.77. The van der Waals surface area contributed by atoms with Crippen LogP contribution in [0, 0.1) is 0 Å². The smallest absolute Gasteiger partial charge is 0.276 e. The van der Waals surface area contributed by atoms with E-state index in [1.807, 2.05) is 25.1 Å². The van der Waals surface area contributed by atoms with Crippen LogP contribution in [-0.4, -0.2) is 33.8 Å². The van der Waals surface area contributed by atoms with Gasteiger partial charge in [-0.2, -0.15) is 4.98 Å². The zero-order valence-corrected chi connectivity index (χ0v) is 15.7. The molecule has 7 nitrogen and oxygen atoms in total. The Hall–Kier alpha value is -2.93. The Balaban J connectivity index is 2.00. The highest BCUT2D eigenvalue weighted by Crippen LogP contribution is 2.38. The molecule has 0 radical (unpaired) electrons. The predicted molar refractivity (Wildman–Crippen MR) is 103 cm³/mol. The highest BCUT2D eigenvalue weighted by Gasteiger charge is 2.21. The lowest BCUT2D eigenvalue weighted by atomic mass is 10.0. The van der Waals surface area contributed by atoms with E-state index >= 15 is 0 Å². The van der Waals surface area contributed by atoms with Crippen LogP contribution in [0.4, 0.5) is 0 Å². The predicted octanol–water partition coefficient (Wildman–Crippen LogP) is 4.26. The lowest BCUT2D eigenvalue weighted by molar-refractivity contribution is 0.186. The van der Waals surface area contributed by atoms with Crippen LogP contribution in [0.1, 0.15) is 31.7 Å². The fourth-order valence-corrected chi connectivity index (χ4v) is 3.27. The molecule has 1 aromatic carbocycles. The van der Waals surface area contributed by atoms with E-state index in [9.17, 15) is 0 Å². The number of aromatic nitrogens is 4. The molecule has 1 N–H and O–H groups in total. The summed E-state index contributed by atoms with van der Waals surface area (Å²) in [6, 6.07) is 6.01. The Morgan fingerprint density at radius 2 is 2.04 bits per heavy atom. The highest BCUT2D eigenvalue weighted by atomic mass is 16.5. The van der Waals surface area contributed by atoms with Crippen molar-refractivity contribution in [3.05, 3.63) is 35.8 Å². The molecule has 27 heavy (non-hydrogen) atoms. The summed E-state index contributed by atoms with van der Waals surface area (Å²) in [4.78, 5) is 12.5. The summed E-state index contributed by atoms with van der Waals surface area (Å²) < 4.78 is 16.9. The van der Waals surface area contributed by atoms with Crippen molar-refractivity contribution in [3.8, 4) is 17.3 Å². The van der Waals surface area contributed by atoms with Crippen LogP contribution in [0.15, 0.2) is 28.9 Å². The van der Waals surface area contributed by atoms with Gasteiger partial charge in [0.1, 0.15) is 11.4 Å². The normalized spacial score (nSPS) is 11.5. The molecule has 0 aliphatic rings. The number of fused-ring (bicyclic) bond motifs is 3. The van der Waals surface area contributed by atoms with Gasteiger partial charge in [-0.15, -0.1) is 0 Å². The van der Waals surface area contributed by atoms with Crippen LogP contribution in [0.2, 0.25) is 0 Å². The number of rotatable bonds is 7. The summed E-state index contributed by atoms with van der Waals surface area (Å²) in [5.41, 5.74) is 3.46. The van der Waals surface area contributed by atoms with Crippen molar-refractivity contribution in [2.24, 2.45) is 0 Å². The van der Waals surface area contributed by atoms with Crippen molar-refractivity contribution < 1.29 is 14.0 Å². The molecule has 0 saturated heterocycles. The zero-order valence-electron chi connectivity index (χ0n) is 15.7. The van der Waals surface area contributed by atoms with Crippen LogP contribution in [0.5, 0.6) is 5.75 Å². The number of ether oxygens (including phenoxy) is 2. The maximum Gasteiger partial charge on any atom is 0.276 e. The third kappa shape index (κ3) is 3.04. The van der Waals surface area contributed by atoms with Gasteiger partial charge in [0.2, 0.25) is 0 Å². The monoisotopic (exact) mass is 366 g/mol. The number of nitrogens with one attached hydrogen (secondary N) is 1. The molecular formula is C20H22N4O3. The van der Waals surface area contributed by atoms with Crippen molar-refractivity contribution in [3.63, 3.8) is 0 Å². The first-order chi connectivity index (χ1) is 13.3. The Bertz CT molecular complexity index is 1080. The average molecular weight is 366 g/mol. The van der Waals surface area contributed by atoms with Gasteiger partial charge in [0, 0.05) is 29.9 Å². The number of H-pyrrole nitrogens is 1. The van der Waals surface area contributed by atoms with Gasteiger partial charge in [-0.05, 0) is 18.6 Å². The number of hydrogen-bond donors (Lipinski definition) is 1. The number of hydrogen-bond acceptors (Lipinski definition) is 6. The van der Waals surface area contributed by atoms with Gasteiger partial charge >= 0.3 is 0 Å². The quantitative estimate of drug-likeness (QED) is 0.526. The minimum Gasteiger partial charge on any atom is -0.493 e. The van der Waals surface area contributed by atoms with Crippen molar-refractivity contribution in [2.75, 3.05) is 13.7 Å². The summed E-state index contributed by atoms with van der Waals surface area (Å²) in [6.07, 6.45) is 3.44. The molecule has 0 aliphatic heterocycles. The SMILES string of the molecule is CCCOc1cccc2[nH]c3cnc(-c4nc(CC)no4)c(COC)c3c12. The molecule has 0 unspecified atom stereocenters. The highest BCUT2D eigenvalue weighted by molar-refractivity contribution is 6.12. The van der Waals surface area contributed by atoms with E-state index < -0.39 is 0 Å². The van der Waals surface area contributed by atoms with Gasteiger partial charge in [-0.3, -0.25) is 0 Å². The van der Waals surface area contributed by atoms with Gasteiger partial charge in [0.05, 0.1) is 30.4 Å². The number of nitrogens with zero attached hydrogens (tertiary/aromatic N) is 3. The Morgan fingerprint density at radius 1 is 1.15 bits per heavy atom. The zero-order chi connectivity index (χ0) is 18.8. The minimum absolute atomic E-state index is 0.374. The number of aryl methyl sites for hydroxylation is 1. The summed E-state index contributed by atoms with van der Waals surface area (Å²) in [5, 5.41) is 6.03. The van der Waals surface area contributed by atoms with Gasteiger partial charge in [-0.1, -0.05) is 25.1 Å². The molecule has 0 bridgehead atoms. The molecule has 0 saturated carbocycles. The second kappa shape index (κ2) is 7.36. The molecule has 140 valence electrons. The second-order valence-electron chi connectivity index (χ2n) is 6.33. The van der Waals surface area contributed by atoms with Crippen molar-refractivity contribution in [2.45, 2.75) is 33.3 Å². The minimum atomic E-state index is 0.374. The molecule has 4 rings (SSSR count). The number of methoxy groups -OCH3 is 1. The van der Waals surface area contributed by atoms with Gasteiger partial charge in [0.25, 0.3) is 5.89 Å². The molecule has 0 aliphatic carbocycles. The summed E-state index contributed by atoms with van der Waals surface area (Å²) in [5.74, 6) is 1.90. The number of aromatic amines is 1. The first-order valence-electron chi connectivity index (χ1n) is 9.13. The standard InChI is InChI=1S/C20H22N4O3/c1-4-9-26-15-8-6-7-13-18(15)17-12(11-25-3)19(21-10-14(17)22-13)20-23-16(5-2)24-27-20/h6-8,10,22H,4-5,9,11H2,1-3H3. The first kappa shape index (κ1) is 17.5. The molecule has 0 fully saturated rings. The van der Waals surface area contributed by atoms with E-state index in [0.717, 1.165) is 39.5 Å². The Labute approximate surface area is 156 Å². The first-order valence-corrected chi connectivity index (χ1v) is 9.13. The van der Waals surface area contributed by atoms with E-state index in [-0.39, 0.29) is 0 Å². The Morgan fingerprint density at radius 3 is 2.78 bits per heavy atom. The van der Waals surface area contributed by atoms with Crippen LogP contribution in [0.25, 0.3) is 33.4 Å². The number of pyridine rings is 1. The van der Waals surface area contributed by atoms with E-state index in [1.165, 1.54) is 0 Å². The third-order valence-corrected chi connectivity index (χ3v) is 4.46. The molecule has 3 aromatic heterocycles. The van der Waals surface area contributed by atoms with E-state index in [4.69, 9.17) is 14.0 Å². The van der Waals surface area contributed by atoms with Crippen molar-refractivity contribution in [1.29, 1.82) is 0 Å². The maximum atomic E-state index is 6.00. The fourth-order valence-electron chi connectivity index (χ4n) is 3.27. The van der Waals surface area contributed by atoms with Crippen LogP contribution in [-0.2, 0) is 17.8 Å². The van der Waals surface area contributed by atoms with Crippen molar-refractivity contribution >= 4 is 21.8 Å². The maximum absolute atomic E-state index is 6.00. The van der Waals surface area contributed by atoms with Crippen LogP contribution >= 0.6 is 0 Å². The topological polar surface area (TPSA) is 86.1 Å². The molecule has 7 heteroatoms. The molecule has 4 aromatic rings. The third-order valence-electron chi connectivity index (χ3n) is 4.46. The van der Waals surface area contributed by atoms with Crippen molar-refractivity contribution in [1.82, 2.24) is 20.1 Å². The van der Waals surface area contributed by atoms with Gasteiger partial charge < -0.3 is 19.0 Å². The summed E-state index contributed by atoms with van der Waals surface area (Å²) in [7, 11) is 1.66. The summed E-state index contributed by atoms with van der Waals surface area (Å²) in [6.45, 7) is 5.11. The second-order valence-corrected chi connectivity index (χ2v) is 6.33. The van der Waals surface area contributed by atoms with Gasteiger partial charge in [-0.25, -0.2) is 4.98 Å². The van der Waals surface area contributed by atoms with Crippen LogP contribution in [0.3, 0.4) is 0 Å². The summed E-state index contributed by atoms with van der Waals surface area (Å²) >= 11 is 0. The largest absolute Gasteiger partial charge is 0.493 e.